The Morgan fingerprint density at radius 1 is 1.17 bits per heavy atom. The van der Waals surface area contributed by atoms with Crippen LogP contribution in [0.2, 0.25) is 0 Å². The van der Waals surface area contributed by atoms with Gasteiger partial charge in [0.15, 0.2) is 0 Å². The molecule has 5 heterocycles. The summed E-state index contributed by atoms with van der Waals surface area (Å²) in [6.45, 7) is 8.90. The number of anilines is 2. The van der Waals surface area contributed by atoms with E-state index in [1.165, 1.54) is 0 Å². The molecule has 4 aromatic rings. The summed E-state index contributed by atoms with van der Waals surface area (Å²) in [4.78, 5) is 24.8. The number of aromatic nitrogens is 6. The average molecular weight is 558 g/mol. The first kappa shape index (κ1) is 27.0. The van der Waals surface area contributed by atoms with Crippen molar-refractivity contribution in [3.8, 4) is 11.3 Å². The van der Waals surface area contributed by atoms with Crippen molar-refractivity contribution in [2.75, 3.05) is 31.6 Å². The molecule has 2 aliphatic rings. The molecule has 1 saturated heterocycles. The van der Waals surface area contributed by atoms with E-state index in [4.69, 9.17) is 14.1 Å². The molecule has 0 unspecified atom stereocenters. The molecule has 1 fully saturated rings. The quantitative estimate of drug-likeness (QED) is 0.363. The third-order valence-electron chi connectivity index (χ3n) is 7.50. The van der Waals surface area contributed by atoms with E-state index in [2.05, 4.69) is 47.9 Å². The summed E-state index contributed by atoms with van der Waals surface area (Å²) in [5.41, 5.74) is 4.50. The number of ether oxygens (including phenoxy) is 1. The molecule has 12 heteroatoms. The van der Waals surface area contributed by atoms with Crippen LogP contribution in [0.15, 0.2) is 47.3 Å². The Morgan fingerprint density at radius 2 is 2.05 bits per heavy atom. The maximum absolute atomic E-state index is 13.3. The number of rotatable bonds is 6. The van der Waals surface area contributed by atoms with Crippen molar-refractivity contribution >= 4 is 17.5 Å². The summed E-state index contributed by atoms with van der Waals surface area (Å²) in [5.74, 6) is 0.528. The third kappa shape index (κ3) is 5.98. The Morgan fingerprint density at radius 3 is 2.78 bits per heavy atom. The first-order chi connectivity index (χ1) is 19.7. The highest BCUT2D eigenvalue weighted by atomic mass is 16.5. The van der Waals surface area contributed by atoms with Gasteiger partial charge in [-0.2, -0.15) is 5.10 Å². The van der Waals surface area contributed by atoms with Crippen LogP contribution in [0.5, 0.6) is 0 Å². The average Bonchev–Trinajstić information content (AvgIpc) is 3.71. The molecular formula is C29H35N9O3. The molecule has 12 nitrogen and oxygen atoms in total. The standard InChI is InChI=1S/C29H35N9O3/c1-29(2,3)27-36-35-26(41-27)25(39)33-24-16-38(21-9-12-40-17-21)11-8-18-13-19(5-6-22(18)24)23-7-10-30-28(34-23)32-20-14-31-37(4)15-20/h5-7,10,13-15,21,24H,8-9,11-12,16-17H2,1-4H3,(H,33,39)(H,30,32,34)/t21-,24-/m0/s1. The van der Waals surface area contributed by atoms with E-state index in [1.54, 1.807) is 17.1 Å². The summed E-state index contributed by atoms with van der Waals surface area (Å²) in [7, 11) is 1.86. The number of carbonyl (C=O) groups is 1. The molecule has 41 heavy (non-hydrogen) atoms. The van der Waals surface area contributed by atoms with Crippen LogP contribution in [-0.4, -0.2) is 73.1 Å². The molecule has 0 saturated carbocycles. The van der Waals surface area contributed by atoms with Gasteiger partial charge in [0.05, 0.1) is 30.2 Å². The number of benzene rings is 1. The van der Waals surface area contributed by atoms with Crippen molar-refractivity contribution in [1.82, 2.24) is 40.2 Å². The predicted molar refractivity (Wildman–Crippen MR) is 152 cm³/mol. The fourth-order valence-electron chi connectivity index (χ4n) is 5.31. The van der Waals surface area contributed by atoms with Crippen LogP contribution in [0.4, 0.5) is 11.6 Å². The minimum atomic E-state index is -0.375. The summed E-state index contributed by atoms with van der Waals surface area (Å²) < 4.78 is 13.1. The van der Waals surface area contributed by atoms with Crippen LogP contribution in [0.3, 0.4) is 0 Å². The number of fused-ring (bicyclic) bond motifs is 1. The zero-order valence-electron chi connectivity index (χ0n) is 23.8. The summed E-state index contributed by atoms with van der Waals surface area (Å²) >= 11 is 0. The number of nitrogens with zero attached hydrogens (tertiary/aromatic N) is 7. The second kappa shape index (κ2) is 11.0. The third-order valence-corrected chi connectivity index (χ3v) is 7.50. The lowest BCUT2D eigenvalue weighted by molar-refractivity contribution is 0.0873. The van der Waals surface area contributed by atoms with E-state index < -0.39 is 0 Å². The number of aryl methyl sites for hydroxylation is 1. The van der Waals surface area contributed by atoms with Gasteiger partial charge in [0, 0.05) is 56.2 Å². The van der Waals surface area contributed by atoms with Crippen molar-refractivity contribution in [3.05, 3.63) is 65.8 Å². The predicted octanol–water partition coefficient (Wildman–Crippen LogP) is 3.42. The second-order valence-corrected chi connectivity index (χ2v) is 11.7. The Balaban J connectivity index is 1.28. The minimum absolute atomic E-state index is 0.0253. The zero-order chi connectivity index (χ0) is 28.6. The Kier molecular flexibility index (Phi) is 7.26. The fraction of sp³-hybridized carbons (Fsp3) is 0.448. The fourth-order valence-corrected chi connectivity index (χ4v) is 5.31. The summed E-state index contributed by atoms with van der Waals surface area (Å²) in [6, 6.07) is 8.28. The van der Waals surface area contributed by atoms with Crippen LogP contribution in [0.1, 0.15) is 60.9 Å². The van der Waals surface area contributed by atoms with Crippen molar-refractivity contribution < 1.29 is 13.9 Å². The van der Waals surface area contributed by atoms with Crippen molar-refractivity contribution in [2.45, 2.75) is 51.1 Å². The normalized spacial score (nSPS) is 19.5. The van der Waals surface area contributed by atoms with Crippen molar-refractivity contribution in [2.24, 2.45) is 7.05 Å². The molecule has 3 aromatic heterocycles. The lowest BCUT2D eigenvalue weighted by Gasteiger charge is -2.29. The number of hydrogen-bond donors (Lipinski definition) is 2. The van der Waals surface area contributed by atoms with Gasteiger partial charge in [-0.3, -0.25) is 14.4 Å². The van der Waals surface area contributed by atoms with Crippen LogP contribution in [-0.2, 0) is 23.6 Å². The smallest absolute Gasteiger partial charge is 0.309 e. The molecule has 1 amide bonds. The molecule has 0 aliphatic carbocycles. The molecule has 2 atom stereocenters. The number of carbonyl (C=O) groups excluding carboxylic acids is 1. The number of hydrogen-bond acceptors (Lipinski definition) is 10. The maximum atomic E-state index is 13.3. The molecule has 2 aliphatic heterocycles. The van der Waals surface area contributed by atoms with Crippen LogP contribution in [0, 0.1) is 0 Å². The molecule has 0 radical (unpaired) electrons. The van der Waals surface area contributed by atoms with Gasteiger partial charge in [0.25, 0.3) is 0 Å². The lowest BCUT2D eigenvalue weighted by atomic mass is 9.96. The van der Waals surface area contributed by atoms with E-state index in [0.717, 1.165) is 54.1 Å². The lowest BCUT2D eigenvalue weighted by Crippen LogP contribution is -2.42. The Labute approximate surface area is 238 Å². The van der Waals surface area contributed by atoms with Gasteiger partial charge in [0.1, 0.15) is 0 Å². The molecule has 0 bridgehead atoms. The topological polar surface area (TPSA) is 136 Å². The van der Waals surface area contributed by atoms with E-state index >= 15 is 0 Å². The van der Waals surface area contributed by atoms with Crippen LogP contribution >= 0.6 is 0 Å². The first-order valence-corrected chi connectivity index (χ1v) is 13.9. The van der Waals surface area contributed by atoms with E-state index in [9.17, 15) is 4.79 Å². The number of amides is 1. The second-order valence-electron chi connectivity index (χ2n) is 11.7. The Hall–Kier alpha value is -4.16. The molecule has 0 spiro atoms. The van der Waals surface area contributed by atoms with Gasteiger partial charge < -0.3 is 19.8 Å². The largest absolute Gasteiger partial charge is 0.416 e. The molecular weight excluding hydrogens is 522 g/mol. The van der Waals surface area contributed by atoms with Gasteiger partial charge in [0.2, 0.25) is 11.8 Å². The molecule has 2 N–H and O–H groups in total. The van der Waals surface area contributed by atoms with Crippen molar-refractivity contribution in [3.63, 3.8) is 0 Å². The zero-order valence-corrected chi connectivity index (χ0v) is 23.8. The summed E-state index contributed by atoms with van der Waals surface area (Å²) in [5, 5.41) is 18.7. The van der Waals surface area contributed by atoms with Gasteiger partial charge in [-0.15, -0.1) is 10.2 Å². The molecule has 6 rings (SSSR count). The monoisotopic (exact) mass is 557 g/mol. The van der Waals surface area contributed by atoms with Gasteiger partial charge in [-0.25, -0.2) is 9.97 Å². The first-order valence-electron chi connectivity index (χ1n) is 13.9. The van der Waals surface area contributed by atoms with Crippen LogP contribution in [0.25, 0.3) is 11.3 Å². The van der Waals surface area contributed by atoms with Crippen molar-refractivity contribution in [1.29, 1.82) is 0 Å². The van der Waals surface area contributed by atoms with Crippen LogP contribution < -0.4 is 10.6 Å². The SMILES string of the molecule is Cn1cc(Nc2nccc(-c3ccc4c(c3)CCN([C@H]3CCOC3)C[C@@H]4NC(=O)c3nnc(C(C)(C)C)o3)n2)cn1. The Bertz CT molecular complexity index is 1530. The minimum Gasteiger partial charge on any atom is -0.416 e. The highest BCUT2D eigenvalue weighted by molar-refractivity contribution is 5.89. The summed E-state index contributed by atoms with van der Waals surface area (Å²) in [6.07, 6.45) is 7.16. The highest BCUT2D eigenvalue weighted by Crippen LogP contribution is 2.31. The molecule has 214 valence electrons. The highest BCUT2D eigenvalue weighted by Gasteiger charge is 2.32. The van der Waals surface area contributed by atoms with E-state index in [1.807, 2.05) is 46.1 Å². The van der Waals surface area contributed by atoms with Gasteiger partial charge in [-0.05, 0) is 36.1 Å². The van der Waals surface area contributed by atoms with E-state index in [-0.39, 0.29) is 23.3 Å². The van der Waals surface area contributed by atoms with Gasteiger partial charge in [-0.1, -0.05) is 32.9 Å². The van der Waals surface area contributed by atoms with Gasteiger partial charge >= 0.3 is 11.8 Å². The maximum Gasteiger partial charge on any atom is 0.309 e. The molecule has 1 aromatic carbocycles. The van der Waals surface area contributed by atoms with E-state index in [0.29, 0.717) is 31.0 Å². The number of nitrogens with one attached hydrogen (secondary N) is 2.